The normalized spacial score (nSPS) is 10.2. The first-order valence-corrected chi connectivity index (χ1v) is 7.31. The van der Waals surface area contributed by atoms with Gasteiger partial charge in [0, 0.05) is 30.3 Å². The molecule has 0 bridgehead atoms. The van der Waals surface area contributed by atoms with Gasteiger partial charge in [0.05, 0.1) is 0 Å². The number of carbonyl (C=O) groups is 3. The van der Waals surface area contributed by atoms with E-state index in [1.54, 1.807) is 11.4 Å². The number of thiophene rings is 1. The van der Waals surface area contributed by atoms with Crippen LogP contribution >= 0.6 is 11.3 Å². The average Bonchev–Trinajstić information content (AvgIpc) is 2.89. The predicted molar refractivity (Wildman–Crippen MR) is 77.0 cm³/mol. The van der Waals surface area contributed by atoms with E-state index in [2.05, 4.69) is 16.2 Å². The topological polar surface area (TPSA) is 87.3 Å². The lowest BCUT2D eigenvalue weighted by Crippen LogP contribution is -2.43. The van der Waals surface area contributed by atoms with Gasteiger partial charge in [0.1, 0.15) is 0 Å². The number of hydrogen-bond acceptors (Lipinski definition) is 4. The van der Waals surface area contributed by atoms with E-state index in [1.807, 2.05) is 19.2 Å². The third-order valence-corrected chi connectivity index (χ3v) is 3.04. The Morgan fingerprint density at radius 1 is 1.20 bits per heavy atom. The van der Waals surface area contributed by atoms with Gasteiger partial charge in [0.15, 0.2) is 0 Å². The van der Waals surface area contributed by atoms with Gasteiger partial charge in [0.25, 0.3) is 5.91 Å². The van der Waals surface area contributed by atoms with Crippen molar-refractivity contribution >= 4 is 29.1 Å². The van der Waals surface area contributed by atoms with Crippen LogP contribution in [0.3, 0.4) is 0 Å². The van der Waals surface area contributed by atoms with Gasteiger partial charge in [-0.15, -0.1) is 0 Å². The largest absolute Gasteiger partial charge is 0.351 e. The lowest BCUT2D eigenvalue weighted by Gasteiger charge is -2.09. The maximum atomic E-state index is 11.6. The summed E-state index contributed by atoms with van der Waals surface area (Å²) in [5.41, 5.74) is 5.22. The Morgan fingerprint density at radius 3 is 2.50 bits per heavy atom. The first-order chi connectivity index (χ1) is 9.49. The molecule has 0 spiro atoms. The summed E-state index contributed by atoms with van der Waals surface area (Å²) in [6.45, 7) is 4.06. The molecule has 20 heavy (non-hydrogen) atoms. The Labute approximate surface area is 121 Å². The number of hydrogen-bond donors (Lipinski definition) is 3. The molecule has 1 heterocycles. The van der Waals surface area contributed by atoms with E-state index in [0.717, 1.165) is 0 Å². The third kappa shape index (κ3) is 6.33. The van der Waals surface area contributed by atoms with E-state index in [1.165, 1.54) is 11.3 Å². The maximum absolute atomic E-state index is 11.6. The zero-order valence-electron chi connectivity index (χ0n) is 11.6. The second-order valence-corrected chi connectivity index (χ2v) is 5.49. The summed E-state index contributed by atoms with van der Waals surface area (Å²) in [6, 6.07) is 1.71. The molecule has 0 saturated carbocycles. The molecule has 0 aromatic carbocycles. The molecule has 3 amide bonds. The average molecular weight is 297 g/mol. The summed E-state index contributed by atoms with van der Waals surface area (Å²) in [6.07, 6.45) is 0.465. The van der Waals surface area contributed by atoms with Gasteiger partial charge in [-0.1, -0.05) is 13.8 Å². The molecule has 0 aliphatic heterocycles. The van der Waals surface area contributed by atoms with Gasteiger partial charge in [-0.05, 0) is 17.4 Å². The minimum Gasteiger partial charge on any atom is -0.351 e. The van der Waals surface area contributed by atoms with Gasteiger partial charge in [-0.2, -0.15) is 11.3 Å². The van der Waals surface area contributed by atoms with Gasteiger partial charge in [-0.25, -0.2) is 0 Å². The first-order valence-electron chi connectivity index (χ1n) is 6.37. The first kappa shape index (κ1) is 16.2. The standard InChI is InChI=1S/C13H19N3O3S/c1-9(2)7-12(18)16-15-11(17)3-5-14-13(19)10-4-6-20-8-10/h4,6,8-9H,3,5,7H2,1-2H3,(H,14,19)(H,15,17)(H,16,18). The predicted octanol–water partition coefficient (Wildman–Crippen LogP) is 1.06. The molecule has 1 aromatic heterocycles. The number of carbonyl (C=O) groups excluding carboxylic acids is 3. The number of nitrogens with one attached hydrogen (secondary N) is 3. The molecule has 6 nitrogen and oxygen atoms in total. The van der Waals surface area contributed by atoms with Crippen molar-refractivity contribution in [3.63, 3.8) is 0 Å². The molecule has 0 radical (unpaired) electrons. The van der Waals surface area contributed by atoms with Gasteiger partial charge < -0.3 is 5.32 Å². The van der Waals surface area contributed by atoms with E-state index in [-0.39, 0.29) is 36.6 Å². The Balaban J connectivity index is 2.14. The molecule has 3 N–H and O–H groups in total. The highest BCUT2D eigenvalue weighted by atomic mass is 32.1. The van der Waals surface area contributed by atoms with Crippen molar-refractivity contribution in [2.45, 2.75) is 26.7 Å². The van der Waals surface area contributed by atoms with Gasteiger partial charge in [-0.3, -0.25) is 25.2 Å². The summed E-state index contributed by atoms with van der Waals surface area (Å²) in [5, 5.41) is 6.18. The summed E-state index contributed by atoms with van der Waals surface area (Å²) < 4.78 is 0. The van der Waals surface area contributed by atoms with Gasteiger partial charge in [0.2, 0.25) is 11.8 Å². The molecule has 110 valence electrons. The van der Waals surface area contributed by atoms with Crippen LogP contribution in [0.4, 0.5) is 0 Å². The molecule has 1 rings (SSSR count). The van der Waals surface area contributed by atoms with Crippen LogP contribution in [-0.2, 0) is 9.59 Å². The van der Waals surface area contributed by atoms with Crippen LogP contribution in [0.5, 0.6) is 0 Å². The molecule has 0 fully saturated rings. The maximum Gasteiger partial charge on any atom is 0.252 e. The highest BCUT2D eigenvalue weighted by Gasteiger charge is 2.08. The molecule has 0 unspecified atom stereocenters. The fourth-order valence-electron chi connectivity index (χ4n) is 1.41. The van der Waals surface area contributed by atoms with Crippen molar-refractivity contribution in [1.82, 2.24) is 16.2 Å². The smallest absolute Gasteiger partial charge is 0.252 e. The summed E-state index contributed by atoms with van der Waals surface area (Å²) in [4.78, 5) is 34.3. The van der Waals surface area contributed by atoms with E-state index >= 15 is 0 Å². The van der Waals surface area contributed by atoms with Crippen molar-refractivity contribution in [1.29, 1.82) is 0 Å². The lowest BCUT2D eigenvalue weighted by molar-refractivity contribution is -0.129. The summed E-state index contributed by atoms with van der Waals surface area (Å²) in [7, 11) is 0. The zero-order valence-corrected chi connectivity index (χ0v) is 12.4. The van der Waals surface area contributed by atoms with Crippen molar-refractivity contribution in [3.8, 4) is 0 Å². The molecule has 0 aliphatic rings. The van der Waals surface area contributed by atoms with Crippen LogP contribution in [0.1, 0.15) is 37.0 Å². The van der Waals surface area contributed by atoms with Crippen molar-refractivity contribution in [3.05, 3.63) is 22.4 Å². The van der Waals surface area contributed by atoms with Crippen LogP contribution in [0, 0.1) is 5.92 Å². The van der Waals surface area contributed by atoms with Crippen LogP contribution < -0.4 is 16.2 Å². The van der Waals surface area contributed by atoms with Crippen molar-refractivity contribution in [2.24, 2.45) is 5.92 Å². The fraction of sp³-hybridized carbons (Fsp3) is 0.462. The van der Waals surface area contributed by atoms with Crippen LogP contribution in [0.15, 0.2) is 16.8 Å². The Kier molecular flexibility index (Phi) is 6.72. The Hall–Kier alpha value is -1.89. The fourth-order valence-corrected chi connectivity index (χ4v) is 2.04. The minimum absolute atomic E-state index is 0.109. The summed E-state index contributed by atoms with van der Waals surface area (Å²) in [5.74, 6) is -0.539. The molecule has 0 atom stereocenters. The minimum atomic E-state index is -0.340. The van der Waals surface area contributed by atoms with E-state index < -0.39 is 0 Å². The summed E-state index contributed by atoms with van der Waals surface area (Å²) >= 11 is 1.44. The Bertz CT molecular complexity index is 457. The molecule has 1 aromatic rings. The van der Waals surface area contributed by atoms with Gasteiger partial charge >= 0.3 is 0 Å². The van der Waals surface area contributed by atoms with E-state index in [4.69, 9.17) is 0 Å². The number of amides is 3. The SMILES string of the molecule is CC(C)CC(=O)NNC(=O)CCNC(=O)c1ccsc1. The molecular formula is C13H19N3O3S. The highest BCUT2D eigenvalue weighted by molar-refractivity contribution is 7.08. The zero-order chi connectivity index (χ0) is 15.0. The van der Waals surface area contributed by atoms with Crippen LogP contribution in [0.25, 0.3) is 0 Å². The van der Waals surface area contributed by atoms with Crippen molar-refractivity contribution in [2.75, 3.05) is 6.54 Å². The quantitative estimate of drug-likeness (QED) is 0.686. The second-order valence-electron chi connectivity index (χ2n) is 4.71. The molecule has 7 heteroatoms. The monoisotopic (exact) mass is 297 g/mol. The Morgan fingerprint density at radius 2 is 1.90 bits per heavy atom. The number of rotatable bonds is 6. The number of hydrazine groups is 1. The van der Waals surface area contributed by atoms with Crippen LogP contribution in [0.2, 0.25) is 0 Å². The van der Waals surface area contributed by atoms with Crippen LogP contribution in [-0.4, -0.2) is 24.3 Å². The van der Waals surface area contributed by atoms with E-state index in [0.29, 0.717) is 12.0 Å². The second kappa shape index (κ2) is 8.31. The lowest BCUT2D eigenvalue weighted by atomic mass is 10.1. The van der Waals surface area contributed by atoms with E-state index in [9.17, 15) is 14.4 Å². The van der Waals surface area contributed by atoms with Crippen molar-refractivity contribution < 1.29 is 14.4 Å². The highest BCUT2D eigenvalue weighted by Crippen LogP contribution is 2.04. The third-order valence-electron chi connectivity index (χ3n) is 2.36. The molecule has 0 aliphatic carbocycles. The molecular weight excluding hydrogens is 278 g/mol. The molecule has 0 saturated heterocycles.